The molecule has 0 fully saturated rings. The largest absolute Gasteiger partial charge is 0.480 e. The van der Waals surface area contributed by atoms with Crippen LogP contribution in [0.3, 0.4) is 0 Å². The third-order valence-corrected chi connectivity index (χ3v) is 6.84. The number of ether oxygens (including phenoxy) is 2. The monoisotopic (exact) mass is 507 g/mol. The van der Waals surface area contributed by atoms with E-state index in [9.17, 15) is 33.8 Å². The molecule has 0 aliphatic heterocycles. The molecule has 2 aromatic rings. The molecule has 10 nitrogen and oxygen atoms in total. The van der Waals surface area contributed by atoms with E-state index in [1.165, 1.54) is 13.8 Å². The molecule has 2 rings (SSSR count). The smallest absolute Gasteiger partial charge is 0.346 e. The van der Waals surface area contributed by atoms with Gasteiger partial charge >= 0.3 is 25.5 Å². The summed E-state index contributed by atoms with van der Waals surface area (Å²) in [7, 11) is -5.28. The first-order valence-electron chi connectivity index (χ1n) is 11.0. The standard InChI is InChI=1S/C24H30NO9P/c1-3-33-21(26)15-24(35(30,31)32,16-22(27)34-4-2)25-20(23(28)29)14-17-10-12-19(13-11-17)18-8-6-5-7-9-18/h5-13,20,25H,3-4,14-16H2,1-2H3,(H,28,29)(H2,30,31,32)/t20-/m0/s1. The lowest BCUT2D eigenvalue weighted by Gasteiger charge is -2.36. The molecule has 0 amide bonds. The molecule has 1 atom stereocenters. The van der Waals surface area contributed by atoms with Gasteiger partial charge in [0.05, 0.1) is 26.1 Å². The molecule has 2 aromatic carbocycles. The van der Waals surface area contributed by atoms with E-state index in [1.807, 2.05) is 30.3 Å². The van der Waals surface area contributed by atoms with Gasteiger partial charge in [-0.2, -0.15) is 0 Å². The Morgan fingerprint density at radius 2 is 1.37 bits per heavy atom. The van der Waals surface area contributed by atoms with Crippen molar-refractivity contribution in [2.75, 3.05) is 13.2 Å². The van der Waals surface area contributed by atoms with Crippen molar-refractivity contribution in [2.45, 2.75) is 44.4 Å². The van der Waals surface area contributed by atoms with Crippen LogP contribution in [0.4, 0.5) is 0 Å². The van der Waals surface area contributed by atoms with Gasteiger partial charge in [-0.3, -0.25) is 24.3 Å². The molecule has 0 saturated heterocycles. The summed E-state index contributed by atoms with van der Waals surface area (Å²) in [6.07, 6.45) is -2.03. The fourth-order valence-corrected chi connectivity index (χ4v) is 4.57. The van der Waals surface area contributed by atoms with E-state index in [0.29, 0.717) is 5.56 Å². The summed E-state index contributed by atoms with van der Waals surface area (Å²) >= 11 is 0. The lowest BCUT2D eigenvalue weighted by atomic mass is 9.99. The Morgan fingerprint density at radius 1 is 0.886 bits per heavy atom. The van der Waals surface area contributed by atoms with Gasteiger partial charge in [0.25, 0.3) is 0 Å². The van der Waals surface area contributed by atoms with Gasteiger partial charge in [0, 0.05) is 0 Å². The summed E-state index contributed by atoms with van der Waals surface area (Å²) in [6, 6.07) is 15.0. The molecular formula is C24H30NO9P. The number of hydrogen-bond acceptors (Lipinski definition) is 7. The van der Waals surface area contributed by atoms with Crippen LogP contribution >= 0.6 is 7.60 Å². The highest BCUT2D eigenvalue weighted by molar-refractivity contribution is 7.53. The summed E-state index contributed by atoms with van der Waals surface area (Å²) in [4.78, 5) is 56.8. The summed E-state index contributed by atoms with van der Waals surface area (Å²) in [5.74, 6) is -3.41. The molecule has 4 N–H and O–H groups in total. The van der Waals surface area contributed by atoms with Crippen molar-refractivity contribution in [2.24, 2.45) is 0 Å². The van der Waals surface area contributed by atoms with Crippen molar-refractivity contribution in [1.82, 2.24) is 5.32 Å². The van der Waals surface area contributed by atoms with Crippen LogP contribution in [-0.4, -0.2) is 57.3 Å². The minimum absolute atomic E-state index is 0.0639. The highest BCUT2D eigenvalue weighted by Gasteiger charge is 2.52. The molecule has 0 saturated carbocycles. The number of benzene rings is 2. The first-order chi connectivity index (χ1) is 16.5. The minimum Gasteiger partial charge on any atom is -0.480 e. The molecule has 35 heavy (non-hydrogen) atoms. The second-order valence-electron chi connectivity index (χ2n) is 7.84. The highest BCUT2D eigenvalue weighted by atomic mass is 31.2. The van der Waals surface area contributed by atoms with Crippen LogP contribution in [-0.2, 0) is 34.8 Å². The first kappa shape index (κ1) is 28.2. The van der Waals surface area contributed by atoms with Gasteiger partial charge in [-0.05, 0) is 37.0 Å². The number of carboxylic acids is 1. The molecule has 0 radical (unpaired) electrons. The van der Waals surface area contributed by atoms with Gasteiger partial charge in [-0.15, -0.1) is 0 Å². The number of carbonyl (C=O) groups excluding carboxylic acids is 2. The Hall–Kier alpha value is -3.04. The van der Waals surface area contributed by atoms with Gasteiger partial charge in [-0.25, -0.2) is 0 Å². The maximum Gasteiger partial charge on any atom is 0.346 e. The molecule has 0 heterocycles. The number of carbonyl (C=O) groups is 3. The summed E-state index contributed by atoms with van der Waals surface area (Å²) < 4.78 is 22.2. The first-order valence-corrected chi connectivity index (χ1v) is 12.6. The third kappa shape index (κ3) is 8.00. The van der Waals surface area contributed by atoms with Gasteiger partial charge in [0.2, 0.25) is 0 Å². The number of aliphatic carboxylic acids is 1. The van der Waals surface area contributed by atoms with Crippen molar-refractivity contribution in [3.63, 3.8) is 0 Å². The van der Waals surface area contributed by atoms with Crippen LogP contribution < -0.4 is 5.32 Å². The summed E-state index contributed by atoms with van der Waals surface area (Å²) in [5.41, 5.74) is 2.44. The normalized spacial score (nSPS) is 12.6. The van der Waals surface area contributed by atoms with Crippen LogP contribution in [0.2, 0.25) is 0 Å². The van der Waals surface area contributed by atoms with E-state index in [2.05, 4.69) is 5.32 Å². The Bertz CT molecular complexity index is 1030. The number of hydrogen-bond donors (Lipinski definition) is 4. The van der Waals surface area contributed by atoms with E-state index in [0.717, 1.165) is 11.1 Å². The summed E-state index contributed by atoms with van der Waals surface area (Å²) in [6.45, 7) is 2.89. The van der Waals surface area contributed by atoms with E-state index in [1.54, 1.807) is 24.3 Å². The maximum absolute atomic E-state index is 12.6. The molecular weight excluding hydrogens is 477 g/mol. The minimum atomic E-state index is -5.28. The molecule has 0 aromatic heterocycles. The van der Waals surface area contributed by atoms with Gasteiger partial charge in [0.1, 0.15) is 11.3 Å². The van der Waals surface area contributed by atoms with Gasteiger partial charge in [0.15, 0.2) is 0 Å². The van der Waals surface area contributed by atoms with Crippen LogP contribution in [0.5, 0.6) is 0 Å². The van der Waals surface area contributed by atoms with Crippen molar-refractivity contribution < 1.29 is 43.3 Å². The van der Waals surface area contributed by atoms with Crippen LogP contribution in [0, 0.1) is 0 Å². The number of nitrogens with one attached hydrogen (secondary N) is 1. The van der Waals surface area contributed by atoms with E-state index in [-0.39, 0.29) is 19.6 Å². The number of rotatable bonds is 13. The molecule has 0 unspecified atom stereocenters. The van der Waals surface area contributed by atoms with Gasteiger partial charge < -0.3 is 24.4 Å². The van der Waals surface area contributed by atoms with Crippen LogP contribution in [0.15, 0.2) is 54.6 Å². The zero-order chi connectivity index (χ0) is 26.1. The van der Waals surface area contributed by atoms with Gasteiger partial charge in [-0.1, -0.05) is 54.6 Å². The van der Waals surface area contributed by atoms with Crippen LogP contribution in [0.1, 0.15) is 32.3 Å². The van der Waals surface area contributed by atoms with Crippen molar-refractivity contribution >= 4 is 25.5 Å². The van der Waals surface area contributed by atoms with E-state index in [4.69, 9.17) is 9.47 Å². The Balaban J connectivity index is 2.37. The third-order valence-electron chi connectivity index (χ3n) is 5.28. The molecule has 190 valence electrons. The highest BCUT2D eigenvalue weighted by Crippen LogP contribution is 2.53. The number of carboxylic acid groups (broad SMARTS) is 1. The Morgan fingerprint density at radius 3 is 1.80 bits per heavy atom. The predicted octanol–water partition coefficient (Wildman–Crippen LogP) is 2.72. The van der Waals surface area contributed by atoms with Crippen molar-refractivity contribution in [3.8, 4) is 11.1 Å². The second-order valence-corrected chi connectivity index (χ2v) is 9.79. The Labute approximate surface area is 203 Å². The fourth-order valence-electron chi connectivity index (χ4n) is 3.58. The molecule has 0 spiro atoms. The molecule has 0 aliphatic carbocycles. The molecule has 11 heteroatoms. The average molecular weight is 507 g/mol. The number of esters is 2. The topological polar surface area (TPSA) is 159 Å². The zero-order valence-corrected chi connectivity index (χ0v) is 20.4. The zero-order valence-electron chi connectivity index (χ0n) is 19.5. The predicted molar refractivity (Wildman–Crippen MR) is 127 cm³/mol. The molecule has 0 aliphatic rings. The van der Waals surface area contributed by atoms with E-state index < -0.39 is 49.7 Å². The quantitative estimate of drug-likeness (QED) is 0.234. The average Bonchev–Trinajstić information content (AvgIpc) is 2.79. The molecule has 0 bridgehead atoms. The van der Waals surface area contributed by atoms with Crippen LogP contribution in [0.25, 0.3) is 11.1 Å². The maximum atomic E-state index is 12.6. The fraction of sp³-hybridized carbons (Fsp3) is 0.375. The van der Waals surface area contributed by atoms with Crippen molar-refractivity contribution in [1.29, 1.82) is 0 Å². The second kappa shape index (κ2) is 12.6. The SMILES string of the molecule is CCOC(=O)CC(CC(=O)OCC)(N[C@@H](Cc1ccc(-c2ccccc2)cc1)C(=O)O)P(=O)(O)O. The lowest BCUT2D eigenvalue weighted by molar-refractivity contribution is -0.149. The van der Waals surface area contributed by atoms with Crippen molar-refractivity contribution in [3.05, 3.63) is 60.2 Å². The lowest BCUT2D eigenvalue weighted by Crippen LogP contribution is -2.56. The van der Waals surface area contributed by atoms with E-state index >= 15 is 0 Å². The summed E-state index contributed by atoms with van der Waals surface area (Å²) in [5, 5.41) is 9.71. The Kier molecular flexibility index (Phi) is 10.2.